The Morgan fingerprint density at radius 3 is 2.82 bits per heavy atom. The van der Waals surface area contributed by atoms with Gasteiger partial charge in [-0.3, -0.25) is 9.59 Å². The van der Waals surface area contributed by atoms with E-state index in [-0.39, 0.29) is 30.2 Å². The third kappa shape index (κ3) is 3.57. The molecule has 1 aliphatic heterocycles. The van der Waals surface area contributed by atoms with Crippen molar-refractivity contribution in [3.63, 3.8) is 0 Å². The molecular formula is C16H22N2O4. The summed E-state index contributed by atoms with van der Waals surface area (Å²) in [6.07, 6.45) is 0.231. The van der Waals surface area contributed by atoms with E-state index in [4.69, 9.17) is 9.47 Å². The zero-order valence-electron chi connectivity index (χ0n) is 13.2. The van der Waals surface area contributed by atoms with Crippen LogP contribution in [-0.2, 0) is 14.3 Å². The number of rotatable bonds is 6. The quantitative estimate of drug-likeness (QED) is 0.865. The fraction of sp³-hybridized carbons (Fsp3) is 0.500. The SMILES string of the molecule is COC[C@H](C)N1C[C@H](C(=O)Nc2ccccc2OC)CC1=O. The third-order valence-corrected chi connectivity index (χ3v) is 3.83. The summed E-state index contributed by atoms with van der Waals surface area (Å²) in [5.74, 6) is 0.0798. The van der Waals surface area contributed by atoms with E-state index in [1.807, 2.05) is 19.1 Å². The van der Waals surface area contributed by atoms with Crippen LogP contribution in [0.3, 0.4) is 0 Å². The molecule has 1 saturated heterocycles. The van der Waals surface area contributed by atoms with Crippen molar-refractivity contribution in [1.82, 2.24) is 4.90 Å². The van der Waals surface area contributed by atoms with E-state index in [0.29, 0.717) is 24.6 Å². The molecule has 6 heteroatoms. The number of hydrogen-bond donors (Lipinski definition) is 1. The van der Waals surface area contributed by atoms with Crippen LogP contribution in [0.4, 0.5) is 5.69 Å². The van der Waals surface area contributed by atoms with Crippen molar-refractivity contribution in [1.29, 1.82) is 0 Å². The summed E-state index contributed by atoms with van der Waals surface area (Å²) in [6.45, 7) is 2.80. The topological polar surface area (TPSA) is 67.9 Å². The van der Waals surface area contributed by atoms with Gasteiger partial charge < -0.3 is 19.7 Å². The summed E-state index contributed by atoms with van der Waals surface area (Å²) in [5.41, 5.74) is 0.617. The molecule has 1 fully saturated rings. The average molecular weight is 306 g/mol. The zero-order chi connectivity index (χ0) is 16.1. The van der Waals surface area contributed by atoms with Gasteiger partial charge in [-0.25, -0.2) is 0 Å². The maximum atomic E-state index is 12.4. The molecule has 0 radical (unpaired) electrons. The van der Waals surface area contributed by atoms with Crippen LogP contribution in [0.15, 0.2) is 24.3 Å². The number of para-hydroxylation sites is 2. The normalized spacial score (nSPS) is 19.1. The molecule has 0 bridgehead atoms. The van der Waals surface area contributed by atoms with Gasteiger partial charge in [0.05, 0.1) is 31.4 Å². The van der Waals surface area contributed by atoms with Crippen molar-refractivity contribution < 1.29 is 19.1 Å². The maximum absolute atomic E-state index is 12.4. The van der Waals surface area contributed by atoms with Gasteiger partial charge in [0, 0.05) is 20.1 Å². The molecule has 0 aliphatic carbocycles. The second kappa shape index (κ2) is 7.26. The van der Waals surface area contributed by atoms with Crippen molar-refractivity contribution in [3.8, 4) is 5.75 Å². The van der Waals surface area contributed by atoms with Gasteiger partial charge in [-0.05, 0) is 19.1 Å². The summed E-state index contributed by atoms with van der Waals surface area (Å²) in [4.78, 5) is 26.1. The van der Waals surface area contributed by atoms with Crippen LogP contribution in [0.5, 0.6) is 5.75 Å². The average Bonchev–Trinajstić information content (AvgIpc) is 2.90. The molecule has 2 atom stereocenters. The summed E-state index contributed by atoms with van der Waals surface area (Å²) in [6, 6.07) is 7.19. The van der Waals surface area contributed by atoms with Crippen LogP contribution in [0.2, 0.25) is 0 Å². The predicted octanol–water partition coefficient (Wildman–Crippen LogP) is 1.52. The van der Waals surface area contributed by atoms with E-state index in [0.717, 1.165) is 0 Å². The van der Waals surface area contributed by atoms with Gasteiger partial charge in [-0.1, -0.05) is 12.1 Å². The lowest BCUT2D eigenvalue weighted by atomic mass is 10.1. The number of carbonyl (C=O) groups is 2. The molecule has 6 nitrogen and oxygen atoms in total. The molecule has 120 valence electrons. The summed E-state index contributed by atoms with van der Waals surface area (Å²) in [7, 11) is 3.15. The Kier molecular flexibility index (Phi) is 5.38. The zero-order valence-corrected chi connectivity index (χ0v) is 13.2. The number of amides is 2. The Balaban J connectivity index is 2.01. The standard InChI is InChI=1S/C16H22N2O4/c1-11(10-21-2)18-9-12(8-15(18)19)16(20)17-13-6-4-5-7-14(13)22-3/h4-7,11-12H,8-10H2,1-3H3,(H,17,20)/t11-,12+/m0/s1. The van der Waals surface area contributed by atoms with Crippen molar-refractivity contribution in [2.75, 3.05) is 32.7 Å². The van der Waals surface area contributed by atoms with Gasteiger partial charge in [0.2, 0.25) is 11.8 Å². The molecule has 1 heterocycles. The first kappa shape index (κ1) is 16.3. The van der Waals surface area contributed by atoms with Crippen LogP contribution in [0.1, 0.15) is 13.3 Å². The minimum atomic E-state index is -0.350. The fourth-order valence-electron chi connectivity index (χ4n) is 2.65. The van der Waals surface area contributed by atoms with Crippen LogP contribution in [0.25, 0.3) is 0 Å². The number of nitrogens with zero attached hydrogens (tertiary/aromatic N) is 1. The molecule has 2 amide bonds. The second-order valence-electron chi connectivity index (χ2n) is 5.44. The predicted molar refractivity (Wildman–Crippen MR) is 82.8 cm³/mol. The molecule has 0 unspecified atom stereocenters. The fourth-order valence-corrected chi connectivity index (χ4v) is 2.65. The Bertz CT molecular complexity index is 547. The largest absolute Gasteiger partial charge is 0.495 e. The van der Waals surface area contributed by atoms with Crippen LogP contribution >= 0.6 is 0 Å². The highest BCUT2D eigenvalue weighted by Gasteiger charge is 2.36. The maximum Gasteiger partial charge on any atom is 0.229 e. The molecule has 2 rings (SSSR count). The first-order valence-electron chi connectivity index (χ1n) is 7.29. The molecular weight excluding hydrogens is 284 g/mol. The molecule has 0 saturated carbocycles. The number of benzene rings is 1. The molecule has 22 heavy (non-hydrogen) atoms. The number of anilines is 1. The van der Waals surface area contributed by atoms with Crippen molar-refractivity contribution in [2.24, 2.45) is 5.92 Å². The lowest BCUT2D eigenvalue weighted by Crippen LogP contribution is -2.38. The number of likely N-dealkylation sites (tertiary alicyclic amines) is 1. The Morgan fingerprint density at radius 1 is 1.41 bits per heavy atom. The Labute approximate surface area is 130 Å². The summed E-state index contributed by atoms with van der Waals surface area (Å²) in [5, 5.41) is 2.84. The van der Waals surface area contributed by atoms with Crippen LogP contribution in [0, 0.1) is 5.92 Å². The van der Waals surface area contributed by atoms with Gasteiger partial charge in [-0.2, -0.15) is 0 Å². The van der Waals surface area contributed by atoms with E-state index in [1.54, 1.807) is 31.3 Å². The van der Waals surface area contributed by atoms with Crippen molar-refractivity contribution in [2.45, 2.75) is 19.4 Å². The monoisotopic (exact) mass is 306 g/mol. The second-order valence-corrected chi connectivity index (χ2v) is 5.44. The van der Waals surface area contributed by atoms with Crippen LogP contribution < -0.4 is 10.1 Å². The molecule has 0 spiro atoms. The highest BCUT2D eigenvalue weighted by Crippen LogP contribution is 2.26. The van der Waals surface area contributed by atoms with Gasteiger partial charge in [0.25, 0.3) is 0 Å². The number of hydrogen-bond acceptors (Lipinski definition) is 4. The molecule has 1 aromatic carbocycles. The number of methoxy groups -OCH3 is 2. The number of nitrogens with one attached hydrogen (secondary N) is 1. The molecule has 1 aromatic rings. The Hall–Kier alpha value is -2.08. The van der Waals surface area contributed by atoms with E-state index in [9.17, 15) is 9.59 Å². The minimum absolute atomic E-state index is 0.00951. The van der Waals surface area contributed by atoms with E-state index in [2.05, 4.69) is 5.32 Å². The minimum Gasteiger partial charge on any atom is -0.495 e. The van der Waals surface area contributed by atoms with E-state index in [1.165, 1.54) is 0 Å². The Morgan fingerprint density at radius 2 is 2.14 bits per heavy atom. The molecule has 1 aliphatic rings. The first-order chi connectivity index (χ1) is 10.6. The number of ether oxygens (including phenoxy) is 2. The smallest absolute Gasteiger partial charge is 0.229 e. The highest BCUT2D eigenvalue weighted by atomic mass is 16.5. The van der Waals surface area contributed by atoms with Gasteiger partial charge in [0.1, 0.15) is 5.75 Å². The van der Waals surface area contributed by atoms with Gasteiger partial charge in [-0.15, -0.1) is 0 Å². The van der Waals surface area contributed by atoms with Gasteiger partial charge in [0.15, 0.2) is 0 Å². The van der Waals surface area contributed by atoms with E-state index >= 15 is 0 Å². The lowest BCUT2D eigenvalue weighted by Gasteiger charge is -2.24. The third-order valence-electron chi connectivity index (χ3n) is 3.83. The molecule has 0 aromatic heterocycles. The van der Waals surface area contributed by atoms with Gasteiger partial charge >= 0.3 is 0 Å². The van der Waals surface area contributed by atoms with E-state index < -0.39 is 0 Å². The number of carbonyl (C=O) groups excluding carboxylic acids is 2. The first-order valence-corrected chi connectivity index (χ1v) is 7.29. The van der Waals surface area contributed by atoms with Crippen molar-refractivity contribution in [3.05, 3.63) is 24.3 Å². The van der Waals surface area contributed by atoms with Crippen LogP contribution in [-0.4, -0.2) is 50.1 Å². The summed E-state index contributed by atoms with van der Waals surface area (Å²) >= 11 is 0. The molecule has 1 N–H and O–H groups in total. The lowest BCUT2D eigenvalue weighted by molar-refractivity contribution is -0.130. The highest BCUT2D eigenvalue weighted by molar-refractivity contribution is 5.98. The van der Waals surface area contributed by atoms with Crippen molar-refractivity contribution >= 4 is 17.5 Å². The summed E-state index contributed by atoms with van der Waals surface area (Å²) < 4.78 is 10.3.